The number of carboxylic acid groups (broad SMARTS) is 2. The zero-order chi connectivity index (χ0) is 31.1. The Morgan fingerprint density at radius 3 is 1.98 bits per heavy atom. The smallest absolute Gasteiger partial charge is 0.335 e. The molecule has 0 heterocycles. The minimum Gasteiger partial charge on any atom is -0.505 e. The molecule has 0 saturated heterocycles. The van der Waals surface area contributed by atoms with Gasteiger partial charge >= 0.3 is 11.9 Å². The molecule has 0 aromatic heterocycles. The second-order valence-corrected chi connectivity index (χ2v) is 10.9. The monoisotopic (exact) mass is 599 g/mol. The van der Waals surface area contributed by atoms with Gasteiger partial charge in [0.1, 0.15) is 5.69 Å². The van der Waals surface area contributed by atoms with Crippen LogP contribution in [0.3, 0.4) is 0 Å². The van der Waals surface area contributed by atoms with Gasteiger partial charge in [-0.1, -0.05) is 12.1 Å². The molecule has 0 fully saturated rings. The number of nitrogen functional groups attached to an aromatic ring is 1. The Labute approximate surface area is 243 Å². The summed E-state index contributed by atoms with van der Waals surface area (Å²) in [6.45, 7) is 1.73. The van der Waals surface area contributed by atoms with Gasteiger partial charge in [0.05, 0.1) is 33.1 Å². The van der Waals surface area contributed by atoms with Crippen molar-refractivity contribution in [3.8, 4) is 5.75 Å². The number of rotatable bonds is 7. The van der Waals surface area contributed by atoms with Gasteiger partial charge in [0, 0.05) is 21.8 Å². The van der Waals surface area contributed by atoms with Gasteiger partial charge in [-0.3, -0.25) is 4.55 Å². The first kappa shape index (κ1) is 28.8. The SMILES string of the molecule is Cc1cc2ccc(N)cc2c(O)c1N=Nc1ccc(N=Nc2cc(C(=O)O)cc(C(=O)O)c2)c2ccc(S(=O)(=O)O)cc12. The summed E-state index contributed by atoms with van der Waals surface area (Å²) in [4.78, 5) is 22.5. The lowest BCUT2D eigenvalue weighted by Gasteiger charge is -2.09. The van der Waals surface area contributed by atoms with E-state index >= 15 is 0 Å². The summed E-state index contributed by atoms with van der Waals surface area (Å²) in [7, 11) is -4.60. The molecule has 0 aliphatic heterocycles. The average molecular weight is 600 g/mol. The fourth-order valence-corrected chi connectivity index (χ4v) is 4.92. The molecule has 5 aromatic carbocycles. The Morgan fingerprint density at radius 2 is 1.35 bits per heavy atom. The molecule has 0 amide bonds. The van der Waals surface area contributed by atoms with Crippen molar-refractivity contribution in [2.45, 2.75) is 11.8 Å². The molecular formula is C29H21N5O8S. The van der Waals surface area contributed by atoms with Crippen molar-refractivity contribution in [2.24, 2.45) is 20.5 Å². The molecule has 5 rings (SSSR count). The maximum Gasteiger partial charge on any atom is 0.335 e. The minimum absolute atomic E-state index is 0.0494. The summed E-state index contributed by atoms with van der Waals surface area (Å²) in [5.74, 6) is -2.86. The molecule has 0 aliphatic rings. The summed E-state index contributed by atoms with van der Waals surface area (Å²) in [5.41, 5.74) is 6.77. The van der Waals surface area contributed by atoms with E-state index in [0.717, 1.165) is 29.7 Å². The van der Waals surface area contributed by atoms with Gasteiger partial charge in [0.25, 0.3) is 10.1 Å². The maximum absolute atomic E-state index is 11.9. The zero-order valence-corrected chi connectivity index (χ0v) is 22.9. The minimum atomic E-state index is -4.60. The van der Waals surface area contributed by atoms with Crippen LogP contribution < -0.4 is 5.73 Å². The highest BCUT2D eigenvalue weighted by Gasteiger charge is 2.16. The average Bonchev–Trinajstić information content (AvgIpc) is 2.95. The number of azo groups is 2. The molecule has 0 radical (unpaired) electrons. The Balaban J connectivity index is 1.64. The molecule has 43 heavy (non-hydrogen) atoms. The number of aromatic hydroxyl groups is 1. The van der Waals surface area contributed by atoms with Gasteiger partial charge in [0.15, 0.2) is 5.75 Å². The third-order valence-electron chi connectivity index (χ3n) is 6.48. The van der Waals surface area contributed by atoms with E-state index < -0.39 is 27.0 Å². The van der Waals surface area contributed by atoms with Crippen LogP contribution in [0.15, 0.2) is 98.1 Å². The molecule has 0 aliphatic carbocycles. The van der Waals surface area contributed by atoms with Crippen molar-refractivity contribution in [3.05, 3.63) is 89.5 Å². The van der Waals surface area contributed by atoms with E-state index in [1.165, 1.54) is 24.3 Å². The summed E-state index contributed by atoms with van der Waals surface area (Å²) in [5, 5.41) is 47.9. The Hall–Kier alpha value is -5.73. The normalized spacial score (nSPS) is 12.0. The maximum atomic E-state index is 11.9. The second-order valence-electron chi connectivity index (χ2n) is 9.44. The lowest BCUT2D eigenvalue weighted by molar-refractivity contribution is 0.0696. The number of nitrogens with zero attached hydrogens (tertiary/aromatic N) is 4. The van der Waals surface area contributed by atoms with Gasteiger partial charge in [-0.2, -0.15) is 13.5 Å². The van der Waals surface area contributed by atoms with E-state index in [4.69, 9.17) is 5.73 Å². The largest absolute Gasteiger partial charge is 0.505 e. The summed E-state index contributed by atoms with van der Waals surface area (Å²) < 4.78 is 33.4. The standard InChI is InChI=1S/C29H21N5O8S/c1-14-8-15-2-3-18(30)12-22(15)27(35)26(14)34-33-25-7-6-24(21-5-4-20(13-23(21)25)43(40,41)42)32-31-19-10-16(28(36)37)9-17(11-19)29(38)39/h2-13,35H,30H2,1H3,(H,36,37)(H,38,39)(H,40,41,42). The van der Waals surface area contributed by atoms with Gasteiger partial charge in [-0.15, -0.1) is 15.3 Å². The lowest BCUT2D eigenvalue weighted by atomic mass is 10.0. The highest BCUT2D eigenvalue weighted by Crippen LogP contribution is 2.41. The molecule has 0 saturated carbocycles. The van der Waals surface area contributed by atoms with Gasteiger partial charge < -0.3 is 21.1 Å². The highest BCUT2D eigenvalue weighted by atomic mass is 32.2. The quantitative estimate of drug-likeness (QED) is 0.0731. The van der Waals surface area contributed by atoms with Crippen LogP contribution in [0.4, 0.5) is 28.4 Å². The third-order valence-corrected chi connectivity index (χ3v) is 7.33. The van der Waals surface area contributed by atoms with Crippen molar-refractivity contribution in [3.63, 3.8) is 0 Å². The van der Waals surface area contributed by atoms with Gasteiger partial charge in [0.2, 0.25) is 0 Å². The lowest BCUT2D eigenvalue weighted by Crippen LogP contribution is -2.01. The fraction of sp³-hybridized carbons (Fsp3) is 0.0345. The summed E-state index contributed by atoms with van der Waals surface area (Å²) in [6.07, 6.45) is 0. The molecule has 0 bridgehead atoms. The number of hydrogen-bond acceptors (Lipinski definition) is 10. The van der Waals surface area contributed by atoms with Crippen molar-refractivity contribution < 1.29 is 37.9 Å². The Kier molecular flexibility index (Phi) is 7.31. The number of aryl methyl sites for hydroxylation is 1. The fourth-order valence-electron chi connectivity index (χ4n) is 4.41. The van der Waals surface area contributed by atoms with E-state index in [0.29, 0.717) is 22.0 Å². The van der Waals surface area contributed by atoms with Crippen molar-refractivity contribution in [1.29, 1.82) is 0 Å². The number of carbonyl (C=O) groups is 2. The second kappa shape index (κ2) is 10.9. The predicted molar refractivity (Wildman–Crippen MR) is 157 cm³/mol. The van der Waals surface area contributed by atoms with Gasteiger partial charge in [-0.25, -0.2) is 9.59 Å². The van der Waals surface area contributed by atoms with E-state index in [1.54, 1.807) is 31.2 Å². The molecule has 0 atom stereocenters. The number of phenolic OH excluding ortho intramolecular Hbond substituents is 1. The van der Waals surface area contributed by atoms with Crippen molar-refractivity contribution in [2.75, 3.05) is 5.73 Å². The predicted octanol–water partition coefficient (Wildman–Crippen LogP) is 7.06. The van der Waals surface area contributed by atoms with Crippen LogP contribution >= 0.6 is 0 Å². The third kappa shape index (κ3) is 5.86. The molecule has 0 unspecified atom stereocenters. The molecule has 5 aromatic rings. The summed E-state index contributed by atoms with van der Waals surface area (Å²) >= 11 is 0. The van der Waals surface area contributed by atoms with E-state index in [2.05, 4.69) is 20.5 Å². The first-order valence-electron chi connectivity index (χ1n) is 12.3. The molecule has 216 valence electrons. The number of carboxylic acids is 2. The Morgan fingerprint density at radius 1 is 0.721 bits per heavy atom. The van der Waals surface area contributed by atoms with Crippen LogP contribution in [0.5, 0.6) is 5.75 Å². The van der Waals surface area contributed by atoms with Crippen LogP contribution in [-0.4, -0.2) is 40.2 Å². The van der Waals surface area contributed by atoms with E-state index in [1.807, 2.05) is 0 Å². The Bertz CT molecular complexity index is 2130. The highest BCUT2D eigenvalue weighted by molar-refractivity contribution is 7.85. The number of aromatic carboxylic acids is 2. The zero-order valence-electron chi connectivity index (χ0n) is 22.1. The molecule has 6 N–H and O–H groups in total. The topological polar surface area (TPSA) is 225 Å². The van der Waals surface area contributed by atoms with Crippen LogP contribution in [0.2, 0.25) is 0 Å². The van der Waals surface area contributed by atoms with Crippen LogP contribution in [0.1, 0.15) is 26.3 Å². The van der Waals surface area contributed by atoms with E-state index in [9.17, 15) is 37.9 Å². The van der Waals surface area contributed by atoms with Gasteiger partial charge in [-0.05, 0) is 78.5 Å². The first-order valence-corrected chi connectivity index (χ1v) is 13.8. The molecule has 0 spiro atoms. The first-order chi connectivity index (χ1) is 20.3. The van der Waals surface area contributed by atoms with E-state index in [-0.39, 0.29) is 45.0 Å². The van der Waals surface area contributed by atoms with Crippen LogP contribution in [0, 0.1) is 6.92 Å². The molecule has 13 nitrogen and oxygen atoms in total. The molecular weight excluding hydrogens is 578 g/mol. The van der Waals surface area contributed by atoms with Crippen LogP contribution in [-0.2, 0) is 10.1 Å². The number of phenols is 1. The van der Waals surface area contributed by atoms with Crippen molar-refractivity contribution in [1.82, 2.24) is 0 Å². The number of anilines is 1. The number of hydrogen-bond donors (Lipinski definition) is 5. The number of benzene rings is 5. The number of fused-ring (bicyclic) bond motifs is 2. The summed E-state index contributed by atoms with van der Waals surface area (Å²) in [6, 6.07) is 16.8. The molecule has 14 heteroatoms. The van der Waals surface area contributed by atoms with Crippen LogP contribution in [0.25, 0.3) is 21.5 Å². The van der Waals surface area contributed by atoms with Crippen molar-refractivity contribution >= 4 is 72.0 Å². The number of nitrogens with two attached hydrogens (primary N) is 1.